The molecule has 1 fully saturated rings. The van der Waals surface area contributed by atoms with E-state index in [-0.39, 0.29) is 53.6 Å². The van der Waals surface area contributed by atoms with Crippen LogP contribution in [0.1, 0.15) is 39.5 Å². The van der Waals surface area contributed by atoms with E-state index in [9.17, 15) is 24.4 Å². The molecule has 46 heavy (non-hydrogen) atoms. The van der Waals surface area contributed by atoms with Gasteiger partial charge in [-0.1, -0.05) is 42.1 Å². The van der Waals surface area contributed by atoms with E-state index in [1.54, 1.807) is 20.8 Å². The summed E-state index contributed by atoms with van der Waals surface area (Å²) < 4.78 is 43.0. The standard InChI is InChI=1S/C28H39N6O10PS/c1-5-40-24-20-23(32-27(29)33-24)34(16-30-20)25-22(37)21(36)19(44-25)14-43-45(39,31-13-18-9-7-6-8-10-18)42-11-12-46-26(38)28(3,4)15-41-17(2)35/h6-10,16,19,21-22,25,36-37H,5,11-15H2,1-4H3,(H,31,39)(H2,29,32,33). The summed E-state index contributed by atoms with van der Waals surface area (Å²) in [6, 6.07) is 9.14. The van der Waals surface area contributed by atoms with Gasteiger partial charge in [0.1, 0.15) is 24.9 Å². The Hall–Kier alpha value is -3.15. The first kappa shape index (κ1) is 35.7. The van der Waals surface area contributed by atoms with Crippen LogP contribution in [0.15, 0.2) is 36.7 Å². The number of esters is 1. The minimum Gasteiger partial charge on any atom is -0.476 e. The molecule has 4 rings (SSSR count). The van der Waals surface area contributed by atoms with Gasteiger partial charge < -0.3 is 30.2 Å². The Morgan fingerprint density at radius 2 is 1.91 bits per heavy atom. The van der Waals surface area contributed by atoms with E-state index < -0.39 is 50.3 Å². The van der Waals surface area contributed by atoms with Crippen molar-refractivity contribution >= 4 is 47.7 Å². The topological polar surface area (TPSA) is 219 Å². The largest absolute Gasteiger partial charge is 0.476 e. The van der Waals surface area contributed by atoms with E-state index in [1.165, 1.54) is 17.8 Å². The van der Waals surface area contributed by atoms with Gasteiger partial charge in [0.15, 0.2) is 22.5 Å². The van der Waals surface area contributed by atoms with Crippen molar-refractivity contribution in [3.63, 3.8) is 0 Å². The second-order valence-corrected chi connectivity index (χ2v) is 13.8. The van der Waals surface area contributed by atoms with Crippen LogP contribution in [0.3, 0.4) is 0 Å². The third kappa shape index (κ3) is 9.01. The van der Waals surface area contributed by atoms with E-state index in [0.29, 0.717) is 6.61 Å². The molecule has 0 saturated carbocycles. The van der Waals surface area contributed by atoms with E-state index >= 15 is 0 Å². The predicted octanol–water partition coefficient (Wildman–Crippen LogP) is 2.21. The maximum atomic E-state index is 13.8. The van der Waals surface area contributed by atoms with Crippen molar-refractivity contribution in [3.05, 3.63) is 42.2 Å². The number of nitrogens with zero attached hydrogens (tertiary/aromatic N) is 4. The van der Waals surface area contributed by atoms with Crippen molar-refractivity contribution in [2.75, 3.05) is 37.9 Å². The lowest BCUT2D eigenvalue weighted by atomic mass is 9.97. The van der Waals surface area contributed by atoms with Gasteiger partial charge >= 0.3 is 13.7 Å². The molecule has 0 radical (unpaired) electrons. The van der Waals surface area contributed by atoms with Crippen LogP contribution in [0.25, 0.3) is 11.2 Å². The van der Waals surface area contributed by atoms with Crippen LogP contribution < -0.4 is 15.6 Å². The number of fused-ring (bicyclic) bond motifs is 1. The number of nitrogens with one attached hydrogen (secondary N) is 1. The summed E-state index contributed by atoms with van der Waals surface area (Å²) >= 11 is 0.945. The monoisotopic (exact) mass is 682 g/mol. The van der Waals surface area contributed by atoms with Crippen LogP contribution in [-0.4, -0.2) is 91.3 Å². The van der Waals surface area contributed by atoms with Crippen LogP contribution in [0, 0.1) is 5.41 Å². The number of nitrogens with two attached hydrogens (primary N) is 1. The number of rotatable bonds is 16. The zero-order valence-corrected chi connectivity index (χ0v) is 27.6. The van der Waals surface area contributed by atoms with E-state index in [1.807, 2.05) is 30.3 Å². The Morgan fingerprint density at radius 1 is 1.17 bits per heavy atom. The number of aliphatic hydroxyl groups is 2. The Morgan fingerprint density at radius 3 is 2.61 bits per heavy atom. The highest BCUT2D eigenvalue weighted by Gasteiger charge is 2.45. The number of imidazole rings is 1. The molecule has 1 aromatic carbocycles. The first-order chi connectivity index (χ1) is 21.8. The van der Waals surface area contributed by atoms with Gasteiger partial charge in [-0.05, 0) is 26.3 Å². The summed E-state index contributed by atoms with van der Waals surface area (Å²) in [4.78, 5) is 36.3. The number of carbonyl (C=O) groups is 2. The smallest absolute Gasteiger partial charge is 0.405 e. The number of ether oxygens (including phenoxy) is 3. The van der Waals surface area contributed by atoms with Crippen molar-refractivity contribution in [2.24, 2.45) is 5.41 Å². The molecule has 5 unspecified atom stereocenters. The fourth-order valence-corrected chi connectivity index (χ4v) is 6.57. The number of aromatic nitrogens is 4. The molecular weight excluding hydrogens is 643 g/mol. The van der Waals surface area contributed by atoms with Crippen LogP contribution >= 0.6 is 19.5 Å². The number of anilines is 1. The minimum absolute atomic E-state index is 0.0747. The third-order valence-electron chi connectivity index (χ3n) is 6.79. The fourth-order valence-electron chi connectivity index (χ4n) is 4.34. The zero-order chi connectivity index (χ0) is 33.5. The van der Waals surface area contributed by atoms with Gasteiger partial charge in [0.05, 0.1) is 31.6 Å². The molecule has 3 aromatic rings. The molecule has 1 aliphatic rings. The quantitative estimate of drug-likeness (QED) is 0.0966. The summed E-state index contributed by atoms with van der Waals surface area (Å²) in [7, 11) is -4.04. The Labute approximate surface area is 269 Å². The molecule has 1 aliphatic heterocycles. The average molecular weight is 683 g/mol. The Bertz CT molecular complexity index is 1540. The van der Waals surface area contributed by atoms with E-state index in [2.05, 4.69) is 20.0 Å². The lowest BCUT2D eigenvalue weighted by Crippen LogP contribution is -2.34. The summed E-state index contributed by atoms with van der Waals surface area (Å²) in [5.41, 5.74) is 6.22. The molecule has 252 valence electrons. The number of hydrogen-bond donors (Lipinski definition) is 4. The van der Waals surface area contributed by atoms with Gasteiger partial charge in [-0.25, -0.2) is 14.6 Å². The number of nitrogen functional groups attached to an aromatic ring is 1. The van der Waals surface area contributed by atoms with Crippen molar-refractivity contribution < 1.29 is 47.6 Å². The molecule has 16 nitrogen and oxygen atoms in total. The number of benzene rings is 1. The molecule has 3 heterocycles. The Kier molecular flexibility index (Phi) is 12.1. The summed E-state index contributed by atoms with van der Waals surface area (Å²) in [5, 5.41) is 24.3. The molecule has 18 heteroatoms. The highest BCUT2D eigenvalue weighted by Crippen LogP contribution is 2.45. The lowest BCUT2D eigenvalue weighted by molar-refractivity contribution is -0.145. The molecular formula is C28H39N6O10PS. The fraction of sp³-hybridized carbons (Fsp3) is 0.536. The minimum atomic E-state index is -4.04. The second-order valence-electron chi connectivity index (χ2n) is 10.9. The maximum Gasteiger partial charge on any atom is 0.405 e. The lowest BCUT2D eigenvalue weighted by Gasteiger charge is -2.23. The molecule has 1 saturated heterocycles. The number of aliphatic hydroxyl groups excluding tert-OH is 2. The van der Waals surface area contributed by atoms with Gasteiger partial charge in [0.2, 0.25) is 11.8 Å². The zero-order valence-electron chi connectivity index (χ0n) is 25.9. The first-order valence-corrected chi connectivity index (χ1v) is 17.0. The van der Waals surface area contributed by atoms with Crippen LogP contribution in [0.4, 0.5) is 5.95 Å². The van der Waals surface area contributed by atoms with Crippen LogP contribution in [0.2, 0.25) is 0 Å². The van der Waals surface area contributed by atoms with Crippen LogP contribution in [-0.2, 0) is 39.2 Å². The van der Waals surface area contributed by atoms with Gasteiger partial charge in [-0.2, -0.15) is 9.97 Å². The molecule has 0 spiro atoms. The van der Waals surface area contributed by atoms with Gasteiger partial charge in [0, 0.05) is 19.2 Å². The maximum absolute atomic E-state index is 13.8. The van der Waals surface area contributed by atoms with E-state index in [0.717, 1.165) is 17.3 Å². The molecule has 5 N–H and O–H groups in total. The molecule has 2 aromatic heterocycles. The van der Waals surface area contributed by atoms with Gasteiger partial charge in [-0.3, -0.25) is 23.2 Å². The number of hydrogen-bond acceptors (Lipinski definition) is 15. The molecule has 0 bridgehead atoms. The van der Waals surface area contributed by atoms with Crippen LogP contribution in [0.5, 0.6) is 5.88 Å². The van der Waals surface area contributed by atoms with E-state index in [4.69, 9.17) is 29.0 Å². The highest BCUT2D eigenvalue weighted by atomic mass is 32.2. The number of carbonyl (C=O) groups excluding carboxylic acids is 2. The molecule has 0 amide bonds. The summed E-state index contributed by atoms with van der Waals surface area (Å²) in [6.45, 7) is 6.15. The average Bonchev–Trinajstić information content (AvgIpc) is 3.56. The first-order valence-electron chi connectivity index (χ1n) is 14.5. The summed E-state index contributed by atoms with van der Waals surface area (Å²) in [6.07, 6.45) is -3.80. The SMILES string of the molecule is CCOc1nc(N)nc2c1ncn2C1OC(COP(=O)(NCc2ccccc2)OCCSC(=O)C(C)(C)COC(C)=O)C(O)C1O. The normalized spacial score (nSPS) is 21.3. The van der Waals surface area contributed by atoms with Gasteiger partial charge in [-0.15, -0.1) is 0 Å². The Balaban J connectivity index is 1.41. The predicted molar refractivity (Wildman–Crippen MR) is 167 cm³/mol. The summed E-state index contributed by atoms with van der Waals surface area (Å²) in [5.74, 6) is -0.276. The highest BCUT2D eigenvalue weighted by molar-refractivity contribution is 8.13. The van der Waals surface area contributed by atoms with Crippen molar-refractivity contribution in [2.45, 2.75) is 58.8 Å². The third-order valence-corrected chi connectivity index (χ3v) is 9.54. The van der Waals surface area contributed by atoms with Crippen molar-refractivity contribution in [1.82, 2.24) is 24.6 Å². The van der Waals surface area contributed by atoms with Gasteiger partial charge in [0.25, 0.3) is 0 Å². The molecule has 0 aliphatic carbocycles. The second kappa shape index (κ2) is 15.6. The number of thioether (sulfide) groups is 1. The van der Waals surface area contributed by atoms with Crippen molar-refractivity contribution in [1.29, 1.82) is 0 Å². The molecule has 5 atom stereocenters. The van der Waals surface area contributed by atoms with Crippen molar-refractivity contribution in [3.8, 4) is 5.88 Å².